The Hall–Kier alpha value is -0.0000000000000000555. The summed E-state index contributed by atoms with van der Waals surface area (Å²) in [5, 5.41) is 8.45. The fourth-order valence-electron chi connectivity index (χ4n) is 0.904. The number of aryl methyl sites for hydroxylation is 1. The van der Waals surface area contributed by atoms with E-state index in [4.69, 9.17) is 5.11 Å². The molecule has 0 saturated carbocycles. The molecule has 0 saturated heterocycles. The number of alkyl halides is 2. The number of aliphatic hydroxyl groups excluding tert-OH is 1. The number of hydrogen-bond acceptors (Lipinski definition) is 2. The summed E-state index contributed by atoms with van der Waals surface area (Å²) in [4.78, 5) is 0.832. The van der Waals surface area contributed by atoms with Crippen molar-refractivity contribution in [2.45, 2.75) is 19.3 Å². The van der Waals surface area contributed by atoms with Crippen molar-refractivity contribution in [3.8, 4) is 0 Å². The minimum atomic E-state index is -2.91. The first-order chi connectivity index (χ1) is 5.97. The van der Waals surface area contributed by atoms with Crippen LogP contribution < -0.4 is 0 Å². The van der Waals surface area contributed by atoms with E-state index >= 15 is 0 Å². The molecule has 1 aromatic heterocycles. The summed E-state index contributed by atoms with van der Waals surface area (Å²) in [6.07, 6.45) is -0.514. The van der Waals surface area contributed by atoms with Gasteiger partial charge in [0, 0.05) is 22.4 Å². The van der Waals surface area contributed by atoms with Gasteiger partial charge < -0.3 is 5.11 Å². The van der Waals surface area contributed by atoms with E-state index in [0.717, 1.165) is 16.2 Å². The molecule has 0 bridgehead atoms. The summed E-state index contributed by atoms with van der Waals surface area (Å²) in [6, 6.07) is 1.41. The van der Waals surface area contributed by atoms with Crippen LogP contribution in [0.1, 0.15) is 16.2 Å². The van der Waals surface area contributed by atoms with Crippen LogP contribution in [0.4, 0.5) is 8.78 Å². The van der Waals surface area contributed by atoms with Crippen molar-refractivity contribution in [2.75, 3.05) is 6.61 Å². The molecule has 1 N–H and O–H groups in total. The van der Waals surface area contributed by atoms with Gasteiger partial charge in [0.05, 0.1) is 4.88 Å². The van der Waals surface area contributed by atoms with Gasteiger partial charge in [-0.25, -0.2) is 8.78 Å². The molecule has 0 spiro atoms. The lowest BCUT2D eigenvalue weighted by Gasteiger charge is -2.11. The number of thiophene rings is 1. The van der Waals surface area contributed by atoms with Gasteiger partial charge in [0.2, 0.25) is 0 Å². The van der Waals surface area contributed by atoms with Crippen molar-refractivity contribution < 1.29 is 13.9 Å². The largest absolute Gasteiger partial charge is 0.396 e. The Labute approximate surface area is 87.5 Å². The van der Waals surface area contributed by atoms with Crippen LogP contribution in [0.5, 0.6) is 0 Å². The summed E-state index contributed by atoms with van der Waals surface area (Å²) in [6.45, 7) is 1.27. The van der Waals surface area contributed by atoms with Gasteiger partial charge in [0.25, 0.3) is 5.92 Å². The Morgan fingerprint density at radius 1 is 1.62 bits per heavy atom. The number of hydrogen-bond donors (Lipinski definition) is 1. The lowest BCUT2D eigenvalue weighted by Crippen LogP contribution is -2.13. The number of aliphatic hydroxyl groups is 1. The molecular formula is C8H9BrF2OS. The molecule has 0 aliphatic rings. The summed E-state index contributed by atoms with van der Waals surface area (Å²) in [5.41, 5.74) is 0. The summed E-state index contributed by atoms with van der Waals surface area (Å²) in [7, 11) is 0. The molecule has 74 valence electrons. The highest BCUT2D eigenvalue weighted by Gasteiger charge is 2.32. The fraction of sp³-hybridized carbons (Fsp3) is 0.500. The van der Waals surface area contributed by atoms with E-state index in [2.05, 4.69) is 15.9 Å². The van der Waals surface area contributed by atoms with Gasteiger partial charge in [-0.3, -0.25) is 0 Å². The molecule has 0 aliphatic carbocycles. The first kappa shape index (κ1) is 11.1. The second kappa shape index (κ2) is 4.02. The van der Waals surface area contributed by atoms with Crippen LogP contribution in [-0.4, -0.2) is 11.7 Å². The molecule has 5 heteroatoms. The van der Waals surface area contributed by atoms with E-state index in [1.54, 1.807) is 6.92 Å². The second-order valence-electron chi connectivity index (χ2n) is 2.69. The molecule has 1 aromatic rings. The van der Waals surface area contributed by atoms with E-state index in [1.807, 2.05) is 0 Å². The fourth-order valence-corrected chi connectivity index (χ4v) is 2.44. The van der Waals surface area contributed by atoms with E-state index in [0.29, 0.717) is 4.47 Å². The third-order valence-corrected chi connectivity index (χ3v) is 3.89. The van der Waals surface area contributed by atoms with Gasteiger partial charge in [0.15, 0.2) is 0 Å². The lowest BCUT2D eigenvalue weighted by molar-refractivity contribution is -0.0234. The highest BCUT2D eigenvalue weighted by atomic mass is 79.9. The monoisotopic (exact) mass is 270 g/mol. The Bertz CT molecular complexity index is 279. The van der Waals surface area contributed by atoms with E-state index < -0.39 is 19.0 Å². The van der Waals surface area contributed by atoms with E-state index in [9.17, 15) is 8.78 Å². The predicted octanol–water partition coefficient (Wildman–Crippen LogP) is 3.29. The minimum Gasteiger partial charge on any atom is -0.396 e. The zero-order valence-electron chi connectivity index (χ0n) is 6.98. The standard InChI is InChI=1S/C8H9BrF2OS/c1-5-6(9)4-7(13-5)8(10,11)2-3-12/h4,12H,2-3H2,1H3. The average Bonchev–Trinajstić information content (AvgIpc) is 2.33. The number of rotatable bonds is 3. The van der Waals surface area contributed by atoms with Crippen LogP contribution >= 0.6 is 27.3 Å². The van der Waals surface area contributed by atoms with Gasteiger partial charge >= 0.3 is 0 Å². The highest BCUT2D eigenvalue weighted by molar-refractivity contribution is 9.10. The Balaban J connectivity index is 2.93. The second-order valence-corrected chi connectivity index (χ2v) is 4.80. The smallest absolute Gasteiger partial charge is 0.284 e. The predicted molar refractivity (Wildman–Crippen MR) is 52.4 cm³/mol. The van der Waals surface area contributed by atoms with E-state index in [-0.39, 0.29) is 4.88 Å². The molecule has 0 amide bonds. The van der Waals surface area contributed by atoms with Crippen LogP contribution in [0.3, 0.4) is 0 Å². The third kappa shape index (κ3) is 2.48. The molecule has 0 radical (unpaired) electrons. The molecule has 1 nitrogen and oxygen atoms in total. The van der Waals surface area contributed by atoms with Crippen molar-refractivity contribution in [2.24, 2.45) is 0 Å². The summed E-state index contributed by atoms with van der Waals surface area (Å²) in [5.74, 6) is -2.91. The normalized spacial score (nSPS) is 12.1. The van der Waals surface area contributed by atoms with Gasteiger partial charge in [-0.2, -0.15) is 0 Å². The summed E-state index contributed by atoms with van der Waals surface area (Å²) < 4.78 is 27.1. The van der Waals surface area contributed by atoms with Crippen LogP contribution in [0.2, 0.25) is 0 Å². The minimum absolute atomic E-state index is 0.00549. The molecule has 0 aromatic carbocycles. The quantitative estimate of drug-likeness (QED) is 0.894. The zero-order chi connectivity index (χ0) is 10.1. The van der Waals surface area contributed by atoms with Crippen LogP contribution in [0.15, 0.2) is 10.5 Å². The van der Waals surface area contributed by atoms with Crippen molar-refractivity contribution in [3.63, 3.8) is 0 Å². The van der Waals surface area contributed by atoms with Crippen LogP contribution in [0, 0.1) is 6.92 Å². The topological polar surface area (TPSA) is 20.2 Å². The van der Waals surface area contributed by atoms with Crippen molar-refractivity contribution in [3.05, 3.63) is 20.3 Å². The molecule has 0 fully saturated rings. The maximum atomic E-state index is 13.2. The lowest BCUT2D eigenvalue weighted by atomic mass is 10.2. The molecular weight excluding hydrogens is 262 g/mol. The Morgan fingerprint density at radius 2 is 2.23 bits per heavy atom. The number of halogens is 3. The Kier molecular flexibility index (Phi) is 3.43. The van der Waals surface area contributed by atoms with Crippen molar-refractivity contribution in [1.82, 2.24) is 0 Å². The molecule has 13 heavy (non-hydrogen) atoms. The Morgan fingerprint density at radius 3 is 2.62 bits per heavy atom. The maximum Gasteiger partial charge on any atom is 0.284 e. The van der Waals surface area contributed by atoms with Crippen LogP contribution in [-0.2, 0) is 5.92 Å². The molecule has 0 unspecified atom stereocenters. The maximum absolute atomic E-state index is 13.2. The van der Waals surface area contributed by atoms with Gasteiger partial charge in [-0.05, 0) is 28.9 Å². The molecule has 1 heterocycles. The summed E-state index contributed by atoms with van der Waals surface area (Å²) >= 11 is 4.23. The molecule has 0 aliphatic heterocycles. The highest BCUT2D eigenvalue weighted by Crippen LogP contribution is 2.39. The van der Waals surface area contributed by atoms with Crippen LogP contribution in [0.25, 0.3) is 0 Å². The zero-order valence-corrected chi connectivity index (χ0v) is 9.38. The first-order valence-electron chi connectivity index (χ1n) is 3.72. The van der Waals surface area contributed by atoms with Crippen molar-refractivity contribution in [1.29, 1.82) is 0 Å². The van der Waals surface area contributed by atoms with Crippen molar-refractivity contribution >= 4 is 27.3 Å². The third-order valence-electron chi connectivity index (χ3n) is 1.64. The van der Waals surface area contributed by atoms with Gasteiger partial charge in [-0.15, -0.1) is 11.3 Å². The average molecular weight is 271 g/mol. The molecule has 1 rings (SSSR count). The first-order valence-corrected chi connectivity index (χ1v) is 5.33. The SMILES string of the molecule is Cc1sc(C(F)(F)CCO)cc1Br. The van der Waals surface area contributed by atoms with Gasteiger partial charge in [0.1, 0.15) is 0 Å². The van der Waals surface area contributed by atoms with E-state index in [1.165, 1.54) is 6.07 Å². The van der Waals surface area contributed by atoms with Gasteiger partial charge in [-0.1, -0.05) is 0 Å². The molecule has 0 atom stereocenters.